The number of nitrogens with two attached hydrogens (primary N) is 1. The number of ketones is 1. The fraction of sp³-hybridized carbons (Fsp3) is 0.878. The smallest absolute Gasteiger partial charge is 0.261 e. The molecule has 10 saturated heterocycles. The van der Waals surface area contributed by atoms with Crippen LogP contribution in [0.15, 0.2) is 24.3 Å². The summed E-state index contributed by atoms with van der Waals surface area (Å²) < 4.78 is 85.9. The molecule has 10 heterocycles. The normalized spacial score (nSPS) is 48.8. The molecule has 322 valence electrons. The van der Waals surface area contributed by atoms with Crippen LogP contribution in [0.25, 0.3) is 0 Å². The second-order valence-electron chi connectivity index (χ2n) is 18.2. The standard InChI is InChI=1S/C40H59NO11.CH4O3S/c1-19-11-24-5-7-28-20(2)12-26(45-28)9-10-40-17-33-36(51-40)37-38(50-33)39(52-40)35-29(49-37)8-6-25(47-35)13-22(42)14-27-31(16-30(46-24)21(19)3)48-32(34(27)44-4)15-23(43)18-41;1-5(2,3)4/h19,23-39,43H,2-3,5-18,41H2,1,4H3;1H3,(H,2,3,4)/t19-,23+,24+,25?,26+,27+,28?,29+,30?,31+,32?,33-,34-,35+,36?,37+,38-,39+,40+;/m1./s1. The van der Waals surface area contributed by atoms with E-state index in [-0.39, 0.29) is 122 Å². The van der Waals surface area contributed by atoms with Crippen molar-refractivity contribution in [2.24, 2.45) is 17.6 Å². The van der Waals surface area contributed by atoms with Gasteiger partial charge in [0.05, 0.1) is 73.4 Å². The van der Waals surface area contributed by atoms with E-state index in [0.29, 0.717) is 31.9 Å². The average Bonchev–Trinajstić information content (AvgIpc) is 3.82. The summed E-state index contributed by atoms with van der Waals surface area (Å²) in [7, 11) is -2.01. The van der Waals surface area contributed by atoms with E-state index in [1.165, 1.54) is 0 Å². The molecule has 0 radical (unpaired) electrons. The Morgan fingerprint density at radius 3 is 2.26 bits per heavy atom. The Morgan fingerprint density at radius 2 is 1.51 bits per heavy atom. The summed E-state index contributed by atoms with van der Waals surface area (Å²) >= 11 is 0. The first-order valence-electron chi connectivity index (χ1n) is 21.1. The van der Waals surface area contributed by atoms with Gasteiger partial charge in [-0.15, -0.1) is 0 Å². The van der Waals surface area contributed by atoms with Crippen LogP contribution < -0.4 is 5.73 Å². The fourth-order valence-corrected chi connectivity index (χ4v) is 11.3. The number of aliphatic hydroxyl groups is 1. The number of carbonyl (C=O) groups is 1. The van der Waals surface area contributed by atoms with Crippen molar-refractivity contribution in [3.05, 3.63) is 24.3 Å². The van der Waals surface area contributed by atoms with Gasteiger partial charge < -0.3 is 53.5 Å². The summed E-state index contributed by atoms with van der Waals surface area (Å²) in [6.45, 7) is 11.3. The molecule has 1 spiro atoms. The van der Waals surface area contributed by atoms with Crippen molar-refractivity contribution in [1.82, 2.24) is 0 Å². The van der Waals surface area contributed by atoms with Gasteiger partial charge in [-0.3, -0.25) is 9.35 Å². The van der Waals surface area contributed by atoms with Gasteiger partial charge >= 0.3 is 0 Å². The molecule has 0 saturated carbocycles. The maximum absolute atomic E-state index is 14.1. The van der Waals surface area contributed by atoms with Crippen LogP contribution in [0.4, 0.5) is 0 Å². The van der Waals surface area contributed by atoms with Crippen LogP contribution in [0.5, 0.6) is 0 Å². The molecule has 0 aromatic heterocycles. The Labute approximate surface area is 336 Å². The molecule has 12 bridgehead atoms. The van der Waals surface area contributed by atoms with Crippen molar-refractivity contribution >= 4 is 15.9 Å². The number of Topliss-reactive ketones (excluding diaryl/α,β-unsaturated/α-hetero) is 1. The summed E-state index contributed by atoms with van der Waals surface area (Å²) in [4.78, 5) is 14.1. The summed E-state index contributed by atoms with van der Waals surface area (Å²) in [6, 6.07) is 0. The maximum Gasteiger partial charge on any atom is 0.261 e. The van der Waals surface area contributed by atoms with E-state index in [9.17, 15) is 18.3 Å². The van der Waals surface area contributed by atoms with Gasteiger partial charge in [0.1, 0.15) is 36.3 Å². The summed E-state index contributed by atoms with van der Waals surface area (Å²) in [6.07, 6.45) is 5.57. The van der Waals surface area contributed by atoms with Crippen molar-refractivity contribution in [2.75, 3.05) is 19.9 Å². The molecule has 57 heavy (non-hydrogen) atoms. The number of ether oxygens (including phenoxy) is 9. The molecule has 15 nitrogen and oxygen atoms in total. The molecule has 10 aliphatic rings. The summed E-state index contributed by atoms with van der Waals surface area (Å²) in [5.74, 6) is -0.619. The number of hydrogen-bond donors (Lipinski definition) is 3. The zero-order valence-corrected chi connectivity index (χ0v) is 34.3. The molecule has 10 fully saturated rings. The average molecular weight is 826 g/mol. The predicted molar refractivity (Wildman–Crippen MR) is 204 cm³/mol. The van der Waals surface area contributed by atoms with E-state index < -0.39 is 28.1 Å². The van der Waals surface area contributed by atoms with Crippen molar-refractivity contribution in [3.63, 3.8) is 0 Å². The largest absolute Gasteiger partial charge is 0.392 e. The van der Waals surface area contributed by atoms with Gasteiger partial charge in [0.15, 0.2) is 5.79 Å². The first-order chi connectivity index (χ1) is 27.1. The molecule has 0 aliphatic carbocycles. The van der Waals surface area contributed by atoms with E-state index in [1.54, 1.807) is 7.11 Å². The van der Waals surface area contributed by atoms with Crippen LogP contribution in [0.1, 0.15) is 90.4 Å². The number of aliphatic hydroxyl groups excluding tert-OH is 1. The van der Waals surface area contributed by atoms with Crippen LogP contribution in [0, 0.1) is 11.8 Å². The van der Waals surface area contributed by atoms with Gasteiger partial charge in [-0.05, 0) is 62.0 Å². The van der Waals surface area contributed by atoms with Crippen LogP contribution >= 0.6 is 0 Å². The number of methoxy groups -OCH3 is 1. The molecular weight excluding hydrogens is 763 g/mol. The molecule has 0 aromatic carbocycles. The lowest BCUT2D eigenvalue weighted by Crippen LogP contribution is -2.61. The molecule has 5 unspecified atom stereocenters. The van der Waals surface area contributed by atoms with Gasteiger partial charge in [0.25, 0.3) is 10.1 Å². The van der Waals surface area contributed by atoms with Crippen LogP contribution in [0.2, 0.25) is 0 Å². The molecular formula is C41H63NO14S. The van der Waals surface area contributed by atoms with E-state index in [1.807, 2.05) is 0 Å². The predicted octanol–water partition coefficient (Wildman–Crippen LogP) is 2.94. The molecule has 0 aromatic rings. The van der Waals surface area contributed by atoms with E-state index >= 15 is 0 Å². The first kappa shape index (κ1) is 42.3. The number of hydrogen-bond acceptors (Lipinski definition) is 14. The van der Waals surface area contributed by atoms with Crippen molar-refractivity contribution in [3.8, 4) is 0 Å². The van der Waals surface area contributed by atoms with Gasteiger partial charge in [-0.2, -0.15) is 8.42 Å². The monoisotopic (exact) mass is 825 g/mol. The number of fused-ring (bicyclic) bond motifs is 6. The molecule has 19 atom stereocenters. The topological polar surface area (TPSA) is 201 Å². The Balaban J connectivity index is 0.000000859. The third-order valence-electron chi connectivity index (χ3n) is 14.0. The van der Waals surface area contributed by atoms with Crippen LogP contribution in [0.3, 0.4) is 0 Å². The van der Waals surface area contributed by atoms with Gasteiger partial charge in [0.2, 0.25) is 0 Å². The Kier molecular flexibility index (Phi) is 12.5. The molecule has 0 amide bonds. The highest BCUT2D eigenvalue weighted by Crippen LogP contribution is 2.54. The summed E-state index contributed by atoms with van der Waals surface area (Å²) in [5.41, 5.74) is 8.01. The molecule has 16 heteroatoms. The number of rotatable bonds is 4. The van der Waals surface area contributed by atoms with Crippen molar-refractivity contribution < 1.29 is 65.5 Å². The highest BCUT2D eigenvalue weighted by Gasteiger charge is 2.68. The Hall–Kier alpha value is -1.38. The zero-order chi connectivity index (χ0) is 40.4. The highest BCUT2D eigenvalue weighted by atomic mass is 32.2. The lowest BCUT2D eigenvalue weighted by atomic mass is 9.81. The maximum atomic E-state index is 14.1. The summed E-state index contributed by atoms with van der Waals surface area (Å²) in [5, 5.41) is 10.5. The minimum absolute atomic E-state index is 0.0158. The van der Waals surface area contributed by atoms with E-state index in [4.69, 9.17) is 52.9 Å². The Morgan fingerprint density at radius 1 is 0.825 bits per heavy atom. The third kappa shape index (κ3) is 9.00. The number of carbonyl (C=O) groups excluding carboxylic acids is 1. The van der Waals surface area contributed by atoms with Crippen molar-refractivity contribution in [1.29, 1.82) is 0 Å². The second-order valence-corrected chi connectivity index (χ2v) is 19.6. The second kappa shape index (κ2) is 16.8. The van der Waals surface area contributed by atoms with Crippen LogP contribution in [-0.2, 0) is 57.5 Å². The third-order valence-corrected chi connectivity index (χ3v) is 14.0. The van der Waals surface area contributed by atoms with Crippen LogP contribution in [-0.4, -0.2) is 147 Å². The zero-order valence-electron chi connectivity index (χ0n) is 33.5. The van der Waals surface area contributed by atoms with Gasteiger partial charge in [-0.1, -0.05) is 20.1 Å². The quantitative estimate of drug-likeness (QED) is 0.276. The van der Waals surface area contributed by atoms with Gasteiger partial charge in [-0.25, -0.2) is 0 Å². The minimum Gasteiger partial charge on any atom is -0.392 e. The lowest BCUT2D eigenvalue weighted by molar-refractivity contribution is -0.292. The fourth-order valence-electron chi connectivity index (χ4n) is 11.3. The molecule has 10 rings (SSSR count). The SMILES string of the molecule is C=C1C[C@@H]2CC[C@@]34C[C@H]5O[C@H]6[C@@H](O3)[C@H]3OC(CC[C@@H]3O[C@H]6C5O4)CC(=O)C[C@H]3[C@H](CC4O[C@@H](CCC1O2)C[C@@H](C)C4=C)OC(C[C@H](O)CN)[C@@H]3OC.CS(=O)(=O)O. The Bertz CT molecular complexity index is 1600. The molecule has 4 N–H and O–H groups in total. The minimum atomic E-state index is -3.67. The van der Waals surface area contributed by atoms with Crippen molar-refractivity contribution in [2.45, 2.75) is 194 Å². The lowest BCUT2D eigenvalue weighted by Gasteiger charge is -2.47. The molecule has 10 aliphatic heterocycles. The van der Waals surface area contributed by atoms with E-state index in [2.05, 4.69) is 20.1 Å². The highest BCUT2D eigenvalue weighted by molar-refractivity contribution is 7.85. The van der Waals surface area contributed by atoms with Gasteiger partial charge in [0, 0.05) is 58.1 Å². The van der Waals surface area contributed by atoms with E-state index in [0.717, 1.165) is 56.1 Å². The first-order valence-corrected chi connectivity index (χ1v) is 22.9.